The average Bonchev–Trinajstić information content (AvgIpc) is 3.45. The summed E-state index contributed by atoms with van der Waals surface area (Å²) >= 11 is 3.98. The van der Waals surface area contributed by atoms with E-state index >= 15 is 0 Å². The van der Waals surface area contributed by atoms with Crippen molar-refractivity contribution in [1.29, 1.82) is 0 Å². The number of pyridine rings is 1. The number of primary amides is 1. The molecule has 35 heavy (non-hydrogen) atoms. The van der Waals surface area contributed by atoms with Gasteiger partial charge in [-0.15, -0.1) is 11.3 Å². The van der Waals surface area contributed by atoms with Crippen LogP contribution in [0.4, 0.5) is 18.9 Å². The van der Waals surface area contributed by atoms with E-state index in [0.29, 0.717) is 22.6 Å². The number of rotatable bonds is 6. The van der Waals surface area contributed by atoms with Gasteiger partial charge in [0.2, 0.25) is 5.91 Å². The van der Waals surface area contributed by atoms with Crippen LogP contribution in [0.15, 0.2) is 29.1 Å². The van der Waals surface area contributed by atoms with Crippen LogP contribution in [0.5, 0.6) is 0 Å². The molecular weight excluding hydrogens is 551 g/mol. The van der Waals surface area contributed by atoms with Crippen molar-refractivity contribution in [3.8, 4) is 11.1 Å². The van der Waals surface area contributed by atoms with Gasteiger partial charge in [0.1, 0.15) is 15.4 Å². The van der Waals surface area contributed by atoms with Crippen LogP contribution in [0, 0.1) is 12.8 Å². The van der Waals surface area contributed by atoms with E-state index in [9.17, 15) is 22.8 Å². The number of carbonyl (C=O) groups excluding carboxylic acids is 2. The molecule has 4 heterocycles. The molecule has 0 bridgehead atoms. The lowest BCUT2D eigenvalue weighted by Crippen LogP contribution is -2.25. The number of carbonyl (C=O) groups is 2. The molecule has 0 saturated carbocycles. The highest BCUT2D eigenvalue weighted by molar-refractivity contribution is 9.10. The molecule has 0 aliphatic carbocycles. The second-order valence-electron chi connectivity index (χ2n) is 7.94. The van der Waals surface area contributed by atoms with Crippen LogP contribution in [0.2, 0.25) is 0 Å². The van der Waals surface area contributed by atoms with Gasteiger partial charge in [-0.2, -0.15) is 23.4 Å². The highest BCUT2D eigenvalue weighted by Crippen LogP contribution is 2.44. The summed E-state index contributed by atoms with van der Waals surface area (Å²) in [6.07, 6.45) is -0.0271. The maximum absolute atomic E-state index is 13.7. The van der Waals surface area contributed by atoms with Crippen LogP contribution in [-0.4, -0.2) is 36.4 Å². The largest absolute Gasteiger partial charge is 0.433 e. The van der Waals surface area contributed by atoms with Gasteiger partial charge in [-0.05, 0) is 34.5 Å². The van der Waals surface area contributed by atoms with E-state index in [-0.39, 0.29) is 32.9 Å². The third-order valence-electron chi connectivity index (χ3n) is 5.46. The number of halogens is 4. The molecule has 9 nitrogen and oxygen atoms in total. The van der Waals surface area contributed by atoms with E-state index in [0.717, 1.165) is 10.5 Å². The van der Waals surface area contributed by atoms with Crippen LogP contribution < -0.4 is 11.1 Å². The van der Waals surface area contributed by atoms with E-state index in [1.165, 1.54) is 10.9 Å². The third-order valence-corrected chi connectivity index (χ3v) is 6.97. The van der Waals surface area contributed by atoms with E-state index in [1.807, 2.05) is 0 Å². The molecule has 0 radical (unpaired) electrons. The van der Waals surface area contributed by atoms with Crippen molar-refractivity contribution >= 4 is 55.0 Å². The van der Waals surface area contributed by atoms with Gasteiger partial charge in [-0.3, -0.25) is 19.0 Å². The molecule has 2 amide bonds. The van der Waals surface area contributed by atoms with Gasteiger partial charge >= 0.3 is 6.18 Å². The Morgan fingerprint density at radius 2 is 1.97 bits per heavy atom. The van der Waals surface area contributed by atoms with E-state index in [4.69, 9.17) is 5.73 Å². The molecule has 0 aliphatic rings. The van der Waals surface area contributed by atoms with Gasteiger partial charge in [0.25, 0.3) is 5.91 Å². The van der Waals surface area contributed by atoms with Gasteiger partial charge in [-0.1, -0.05) is 6.92 Å². The molecular formula is C21H19BrF3N7O2S. The number of fused-ring (bicyclic) bond motifs is 1. The standard InChI is InChI=1S/C21H19BrF3N7O2S/c1-9(7-32-8-11(22)5-28-32)19(34)30-16-15-12(13-6-27-31(3)10(13)2)4-14(21(23,24)25)29-20(15)35-17(16)18(26)33/h4-6,8-9H,7H2,1-3H3,(H2,26,33)(H,30,34). The molecule has 0 aliphatic heterocycles. The number of hydrogen-bond acceptors (Lipinski definition) is 6. The average molecular weight is 570 g/mol. The molecule has 4 rings (SSSR count). The number of nitrogens with zero attached hydrogens (tertiary/aromatic N) is 5. The Labute approximate surface area is 209 Å². The lowest BCUT2D eigenvalue weighted by molar-refractivity contribution is -0.140. The molecule has 1 unspecified atom stereocenters. The molecule has 3 N–H and O–H groups in total. The first-order valence-corrected chi connectivity index (χ1v) is 11.8. The predicted octanol–water partition coefficient (Wildman–Crippen LogP) is 4.36. The quantitative estimate of drug-likeness (QED) is 0.357. The minimum Gasteiger partial charge on any atom is -0.365 e. The minimum absolute atomic E-state index is 0.0236. The molecule has 14 heteroatoms. The number of amides is 2. The monoisotopic (exact) mass is 569 g/mol. The first kappa shape index (κ1) is 24.9. The van der Waals surface area contributed by atoms with Gasteiger partial charge in [0, 0.05) is 29.9 Å². The van der Waals surface area contributed by atoms with Crippen LogP contribution >= 0.6 is 27.3 Å². The fourth-order valence-corrected chi connectivity index (χ4v) is 4.90. The number of nitrogens with one attached hydrogen (secondary N) is 1. The van der Waals surface area contributed by atoms with E-state index in [1.54, 1.807) is 38.0 Å². The fraction of sp³-hybridized carbons (Fsp3) is 0.286. The maximum Gasteiger partial charge on any atom is 0.433 e. The Bertz CT molecular complexity index is 1460. The number of aryl methyl sites for hydroxylation is 1. The number of thiophene rings is 1. The zero-order chi connectivity index (χ0) is 25.7. The normalized spacial score (nSPS) is 12.8. The smallest absolute Gasteiger partial charge is 0.365 e. The van der Waals surface area contributed by atoms with Gasteiger partial charge in [-0.25, -0.2) is 4.98 Å². The summed E-state index contributed by atoms with van der Waals surface area (Å²) in [5, 5.41) is 11.1. The molecule has 4 aromatic rings. The molecule has 0 fully saturated rings. The van der Waals surface area contributed by atoms with Crippen molar-refractivity contribution in [2.45, 2.75) is 26.6 Å². The Morgan fingerprint density at radius 1 is 1.26 bits per heavy atom. The topological polar surface area (TPSA) is 121 Å². The second-order valence-corrected chi connectivity index (χ2v) is 9.86. The molecule has 4 aromatic heterocycles. The molecule has 0 aromatic carbocycles. The van der Waals surface area contributed by atoms with Gasteiger partial charge < -0.3 is 11.1 Å². The Hall–Kier alpha value is -3.26. The molecule has 184 valence electrons. The summed E-state index contributed by atoms with van der Waals surface area (Å²) in [6, 6.07) is 0.893. The van der Waals surface area contributed by atoms with Crippen molar-refractivity contribution in [3.05, 3.63) is 45.4 Å². The number of anilines is 1. The Morgan fingerprint density at radius 3 is 2.51 bits per heavy atom. The summed E-state index contributed by atoms with van der Waals surface area (Å²) in [6.45, 7) is 3.60. The Balaban J connectivity index is 1.87. The fourth-order valence-electron chi connectivity index (χ4n) is 3.56. The van der Waals surface area contributed by atoms with Crippen LogP contribution in [-0.2, 0) is 24.6 Å². The summed E-state index contributed by atoms with van der Waals surface area (Å²) in [4.78, 5) is 28.9. The van der Waals surface area contributed by atoms with Crippen LogP contribution in [0.25, 0.3) is 21.3 Å². The van der Waals surface area contributed by atoms with Crippen molar-refractivity contribution in [1.82, 2.24) is 24.5 Å². The summed E-state index contributed by atoms with van der Waals surface area (Å²) in [7, 11) is 1.66. The van der Waals surface area contributed by atoms with Crippen molar-refractivity contribution in [3.63, 3.8) is 0 Å². The predicted molar refractivity (Wildman–Crippen MR) is 128 cm³/mol. The zero-order valence-electron chi connectivity index (χ0n) is 18.6. The maximum atomic E-state index is 13.7. The number of hydrogen-bond donors (Lipinski definition) is 2. The van der Waals surface area contributed by atoms with Crippen LogP contribution in [0.3, 0.4) is 0 Å². The van der Waals surface area contributed by atoms with E-state index in [2.05, 4.69) is 36.4 Å². The first-order valence-electron chi connectivity index (χ1n) is 10.2. The number of nitrogens with two attached hydrogens (primary N) is 1. The minimum atomic E-state index is -4.73. The zero-order valence-corrected chi connectivity index (χ0v) is 21.0. The van der Waals surface area contributed by atoms with Crippen LogP contribution in [0.1, 0.15) is 28.0 Å². The van der Waals surface area contributed by atoms with Gasteiger partial charge in [0.15, 0.2) is 0 Å². The first-order chi connectivity index (χ1) is 16.4. The summed E-state index contributed by atoms with van der Waals surface area (Å²) < 4.78 is 44.8. The van der Waals surface area contributed by atoms with Crippen molar-refractivity contribution in [2.24, 2.45) is 18.7 Å². The highest BCUT2D eigenvalue weighted by atomic mass is 79.9. The van der Waals surface area contributed by atoms with Crippen molar-refractivity contribution < 1.29 is 22.8 Å². The lowest BCUT2D eigenvalue weighted by Gasteiger charge is -2.15. The molecule has 0 spiro atoms. The van der Waals surface area contributed by atoms with Crippen molar-refractivity contribution in [2.75, 3.05) is 5.32 Å². The molecule has 0 saturated heterocycles. The third kappa shape index (κ3) is 4.80. The second kappa shape index (κ2) is 9.07. The van der Waals surface area contributed by atoms with E-state index < -0.39 is 29.6 Å². The summed E-state index contributed by atoms with van der Waals surface area (Å²) in [5.74, 6) is -1.95. The SMILES string of the molecule is Cc1c(-c2cc(C(F)(F)F)nc3sc(C(N)=O)c(NC(=O)C(C)Cn4cc(Br)cn4)c23)cnn1C. The Kier molecular flexibility index (Phi) is 6.44. The number of aromatic nitrogens is 5. The summed E-state index contributed by atoms with van der Waals surface area (Å²) in [5.41, 5.74) is 5.56. The molecule has 1 atom stereocenters. The lowest BCUT2D eigenvalue weighted by atomic mass is 10.0. The highest BCUT2D eigenvalue weighted by Gasteiger charge is 2.35. The van der Waals surface area contributed by atoms with Gasteiger partial charge in [0.05, 0.1) is 35.0 Å². The number of alkyl halides is 3.